The zero-order valence-electron chi connectivity index (χ0n) is 8.74. The summed E-state index contributed by atoms with van der Waals surface area (Å²) in [5.74, 6) is -1.79. The number of aryl methyl sites for hydroxylation is 1. The van der Waals surface area contributed by atoms with Crippen LogP contribution in [-0.4, -0.2) is 11.0 Å². The van der Waals surface area contributed by atoms with Crippen molar-refractivity contribution in [2.24, 2.45) is 5.73 Å². The monoisotopic (exact) mass is 230 g/mol. The van der Waals surface area contributed by atoms with Gasteiger partial charge in [-0.1, -0.05) is 0 Å². The zero-order valence-corrected chi connectivity index (χ0v) is 8.74. The largest absolute Gasteiger partial charge is 0.328 e. The lowest BCUT2D eigenvalue weighted by molar-refractivity contribution is -0.387. The Labute approximate surface area is 91.2 Å². The van der Waals surface area contributed by atoms with E-state index in [-0.39, 0.29) is 18.0 Å². The smallest absolute Gasteiger partial charge is 0.307 e. The zero-order chi connectivity index (χ0) is 12.3. The maximum absolute atomic E-state index is 13.3. The fraction of sp³-hybridized carbons (Fsp3) is 0.400. The van der Waals surface area contributed by atoms with Gasteiger partial charge in [-0.05, 0) is 31.4 Å². The van der Waals surface area contributed by atoms with Crippen LogP contribution >= 0.6 is 0 Å². The summed E-state index contributed by atoms with van der Waals surface area (Å²) in [5, 5.41) is 10.3. The third-order valence-electron chi connectivity index (χ3n) is 2.18. The van der Waals surface area contributed by atoms with Gasteiger partial charge in [-0.15, -0.1) is 0 Å². The second-order valence-corrected chi connectivity index (χ2v) is 3.67. The number of rotatable bonds is 4. The first-order valence-corrected chi connectivity index (χ1v) is 4.79. The molecule has 0 fully saturated rings. The van der Waals surface area contributed by atoms with Gasteiger partial charge in [-0.3, -0.25) is 10.1 Å². The number of halogens is 2. The van der Waals surface area contributed by atoms with Gasteiger partial charge in [0, 0.05) is 6.04 Å². The average Bonchev–Trinajstić information content (AvgIpc) is 2.18. The molecule has 2 N–H and O–H groups in total. The molecule has 0 aliphatic heterocycles. The number of nitrogens with zero attached hydrogens (tertiary/aromatic N) is 1. The van der Waals surface area contributed by atoms with Gasteiger partial charge in [-0.25, -0.2) is 4.39 Å². The summed E-state index contributed by atoms with van der Waals surface area (Å²) in [4.78, 5) is 9.38. The highest BCUT2D eigenvalue weighted by atomic mass is 19.1. The first kappa shape index (κ1) is 12.5. The van der Waals surface area contributed by atoms with Crippen molar-refractivity contribution >= 4 is 5.69 Å². The molecular weight excluding hydrogens is 218 g/mol. The molecule has 0 spiro atoms. The molecule has 6 heteroatoms. The minimum atomic E-state index is -1.02. The predicted molar refractivity (Wildman–Crippen MR) is 55.0 cm³/mol. The number of benzene rings is 1. The minimum absolute atomic E-state index is 0.111. The Morgan fingerprint density at radius 3 is 2.56 bits per heavy atom. The van der Waals surface area contributed by atoms with Gasteiger partial charge < -0.3 is 5.73 Å². The van der Waals surface area contributed by atoms with Crippen molar-refractivity contribution < 1.29 is 13.7 Å². The molecule has 1 aromatic carbocycles. The minimum Gasteiger partial charge on any atom is -0.328 e. The summed E-state index contributed by atoms with van der Waals surface area (Å²) in [6.45, 7) is 1.75. The van der Waals surface area contributed by atoms with E-state index < -0.39 is 22.2 Å². The van der Waals surface area contributed by atoms with Crippen molar-refractivity contribution in [3.8, 4) is 0 Å². The summed E-state index contributed by atoms with van der Waals surface area (Å²) in [7, 11) is 0. The van der Waals surface area contributed by atoms with Crippen LogP contribution in [0.3, 0.4) is 0 Å². The topological polar surface area (TPSA) is 69.2 Å². The molecule has 16 heavy (non-hydrogen) atoms. The van der Waals surface area contributed by atoms with Crippen LogP contribution in [0.1, 0.15) is 18.9 Å². The van der Waals surface area contributed by atoms with E-state index in [0.29, 0.717) is 12.5 Å². The molecule has 4 nitrogen and oxygen atoms in total. The molecule has 1 rings (SSSR count). The molecule has 0 bridgehead atoms. The average molecular weight is 230 g/mol. The Bertz CT molecular complexity index is 408. The normalized spacial score (nSPS) is 12.5. The van der Waals surface area contributed by atoms with Crippen LogP contribution < -0.4 is 5.73 Å². The lowest BCUT2D eigenvalue weighted by Crippen LogP contribution is -2.15. The highest BCUT2D eigenvalue weighted by molar-refractivity contribution is 5.36. The van der Waals surface area contributed by atoms with E-state index in [1.54, 1.807) is 6.92 Å². The summed E-state index contributed by atoms with van der Waals surface area (Å²) in [6, 6.07) is 1.33. The molecule has 0 saturated carbocycles. The fourth-order valence-corrected chi connectivity index (χ4v) is 1.29. The van der Waals surface area contributed by atoms with E-state index in [1.807, 2.05) is 0 Å². The van der Waals surface area contributed by atoms with E-state index in [4.69, 9.17) is 5.73 Å². The number of nitrogens with two attached hydrogens (primary N) is 1. The predicted octanol–water partition coefficient (Wildman–Crippen LogP) is 2.15. The first-order chi connectivity index (χ1) is 7.41. The van der Waals surface area contributed by atoms with Crippen LogP contribution in [-0.2, 0) is 6.42 Å². The summed E-state index contributed by atoms with van der Waals surface area (Å²) in [5.41, 5.74) is 4.75. The quantitative estimate of drug-likeness (QED) is 0.636. The molecule has 0 aromatic heterocycles. The van der Waals surface area contributed by atoms with E-state index in [2.05, 4.69) is 0 Å². The Morgan fingerprint density at radius 2 is 2.06 bits per heavy atom. The molecule has 1 aromatic rings. The van der Waals surface area contributed by atoms with Crippen LogP contribution in [0.25, 0.3) is 0 Å². The van der Waals surface area contributed by atoms with E-state index >= 15 is 0 Å². The third-order valence-corrected chi connectivity index (χ3v) is 2.18. The van der Waals surface area contributed by atoms with Crippen molar-refractivity contribution in [1.29, 1.82) is 0 Å². The maximum Gasteiger partial charge on any atom is 0.307 e. The van der Waals surface area contributed by atoms with Crippen molar-refractivity contribution in [2.45, 2.75) is 25.8 Å². The number of hydrogen-bond donors (Lipinski definition) is 1. The van der Waals surface area contributed by atoms with Gasteiger partial charge in [0.1, 0.15) is 5.82 Å². The lowest BCUT2D eigenvalue weighted by Gasteiger charge is -2.06. The summed E-state index contributed by atoms with van der Waals surface area (Å²) < 4.78 is 26.5. The van der Waals surface area contributed by atoms with Gasteiger partial charge in [0.25, 0.3) is 0 Å². The lowest BCUT2D eigenvalue weighted by atomic mass is 10.1. The SMILES string of the molecule is C[C@H](N)CCc1cc(F)c([N+](=O)[O-])cc1F. The first-order valence-electron chi connectivity index (χ1n) is 4.79. The maximum atomic E-state index is 13.3. The van der Waals surface area contributed by atoms with Crippen molar-refractivity contribution in [3.63, 3.8) is 0 Å². The summed E-state index contributed by atoms with van der Waals surface area (Å²) >= 11 is 0. The van der Waals surface area contributed by atoms with E-state index in [9.17, 15) is 18.9 Å². The Kier molecular flexibility index (Phi) is 3.89. The molecular formula is C10H12F2N2O2. The molecule has 88 valence electrons. The third kappa shape index (κ3) is 2.96. The van der Waals surface area contributed by atoms with E-state index in [1.165, 1.54) is 0 Å². The second-order valence-electron chi connectivity index (χ2n) is 3.67. The molecule has 0 saturated heterocycles. The van der Waals surface area contributed by atoms with Crippen LogP contribution in [0, 0.1) is 21.7 Å². The Balaban J connectivity index is 2.96. The van der Waals surface area contributed by atoms with Crippen LogP contribution in [0.2, 0.25) is 0 Å². The fourth-order valence-electron chi connectivity index (χ4n) is 1.29. The van der Waals surface area contributed by atoms with Crippen molar-refractivity contribution in [1.82, 2.24) is 0 Å². The Hall–Kier alpha value is -1.56. The number of nitro groups is 1. The van der Waals surface area contributed by atoms with Gasteiger partial charge in [0.15, 0.2) is 0 Å². The molecule has 0 aliphatic rings. The molecule has 0 heterocycles. The molecule has 1 atom stereocenters. The van der Waals surface area contributed by atoms with Gasteiger partial charge in [-0.2, -0.15) is 4.39 Å². The molecule has 0 aliphatic carbocycles. The Morgan fingerprint density at radius 1 is 1.44 bits per heavy atom. The molecule has 0 amide bonds. The van der Waals surface area contributed by atoms with Crippen LogP contribution in [0.5, 0.6) is 0 Å². The van der Waals surface area contributed by atoms with Gasteiger partial charge >= 0.3 is 5.69 Å². The highest BCUT2D eigenvalue weighted by Gasteiger charge is 2.18. The van der Waals surface area contributed by atoms with Crippen molar-refractivity contribution in [2.75, 3.05) is 0 Å². The van der Waals surface area contributed by atoms with Gasteiger partial charge in [0.05, 0.1) is 11.0 Å². The summed E-state index contributed by atoms with van der Waals surface area (Å²) in [6.07, 6.45) is 0.757. The van der Waals surface area contributed by atoms with E-state index in [0.717, 1.165) is 6.07 Å². The van der Waals surface area contributed by atoms with Gasteiger partial charge in [0.2, 0.25) is 5.82 Å². The van der Waals surface area contributed by atoms with Crippen LogP contribution in [0.15, 0.2) is 12.1 Å². The standard InChI is InChI=1S/C10H12F2N2O2/c1-6(13)2-3-7-4-9(12)10(14(15)16)5-8(7)11/h4-6H,2-3,13H2,1H3/t6-/m0/s1. The number of nitro benzene ring substituents is 1. The molecule has 0 radical (unpaired) electrons. The number of hydrogen-bond acceptors (Lipinski definition) is 3. The van der Waals surface area contributed by atoms with Crippen LogP contribution in [0.4, 0.5) is 14.5 Å². The molecule has 0 unspecified atom stereocenters. The highest BCUT2D eigenvalue weighted by Crippen LogP contribution is 2.22. The second kappa shape index (κ2) is 4.98. The van der Waals surface area contributed by atoms with Crippen molar-refractivity contribution in [3.05, 3.63) is 39.4 Å².